The fraction of sp³-hybridized carbons (Fsp3) is 0.455. The first-order chi connectivity index (χ1) is 8.29. The summed E-state index contributed by atoms with van der Waals surface area (Å²) >= 11 is 3.23. The number of benzene rings is 1. The van der Waals surface area contributed by atoms with Crippen LogP contribution >= 0.6 is 15.9 Å². The Bertz CT molecular complexity index is 394. The van der Waals surface area contributed by atoms with Crippen molar-refractivity contribution in [1.29, 1.82) is 0 Å². The summed E-state index contributed by atoms with van der Waals surface area (Å²) in [5.41, 5.74) is 0.497. The zero-order chi connectivity index (χ0) is 13.8. The molecule has 102 valence electrons. The number of alkyl halides is 3. The largest absolute Gasteiger partial charge is 0.522 e. The van der Waals surface area contributed by atoms with E-state index >= 15 is 0 Å². The van der Waals surface area contributed by atoms with Crippen molar-refractivity contribution in [3.63, 3.8) is 0 Å². The molecule has 0 bridgehead atoms. The van der Waals surface area contributed by atoms with Crippen LogP contribution in [0.15, 0.2) is 22.7 Å². The predicted molar refractivity (Wildman–Crippen MR) is 62.3 cm³/mol. The molecule has 0 unspecified atom stereocenters. The van der Waals surface area contributed by atoms with E-state index in [2.05, 4.69) is 20.7 Å². The minimum Gasteiger partial charge on any atom is -0.491 e. The molecule has 0 aliphatic carbocycles. The molecule has 1 aromatic carbocycles. The first kappa shape index (κ1) is 15.3. The van der Waals surface area contributed by atoms with Gasteiger partial charge in [-0.15, -0.1) is 13.2 Å². The molecule has 1 N–H and O–H groups in total. The van der Waals surface area contributed by atoms with Gasteiger partial charge in [0.05, 0.1) is 12.7 Å². The molecule has 0 saturated carbocycles. The molecule has 0 aromatic heterocycles. The van der Waals surface area contributed by atoms with Gasteiger partial charge in [-0.2, -0.15) is 0 Å². The van der Waals surface area contributed by atoms with E-state index in [1.807, 2.05) is 0 Å². The molecule has 0 aliphatic rings. The van der Waals surface area contributed by atoms with E-state index in [0.29, 0.717) is 11.3 Å². The van der Waals surface area contributed by atoms with Crippen LogP contribution in [0.4, 0.5) is 13.2 Å². The Kier molecular flexibility index (Phi) is 5.43. The maximum absolute atomic E-state index is 11.7. The third-order valence-corrected chi connectivity index (χ3v) is 2.52. The molecule has 18 heavy (non-hydrogen) atoms. The van der Waals surface area contributed by atoms with E-state index in [-0.39, 0.29) is 6.61 Å². The number of ether oxygens (including phenoxy) is 2. The van der Waals surface area contributed by atoms with Gasteiger partial charge >= 0.3 is 6.36 Å². The van der Waals surface area contributed by atoms with Crippen LogP contribution in [0.25, 0.3) is 0 Å². The van der Waals surface area contributed by atoms with Crippen LogP contribution in [0.1, 0.15) is 18.6 Å². The average molecular weight is 329 g/mol. The zero-order valence-electron chi connectivity index (χ0n) is 9.50. The molecule has 0 spiro atoms. The number of aliphatic hydroxyl groups is 1. The summed E-state index contributed by atoms with van der Waals surface area (Å²) < 4.78 is 44.6. The molecule has 1 aromatic rings. The van der Waals surface area contributed by atoms with Crippen LogP contribution in [0.5, 0.6) is 5.75 Å². The monoisotopic (exact) mass is 328 g/mol. The van der Waals surface area contributed by atoms with Gasteiger partial charge in [-0.25, -0.2) is 0 Å². The maximum Gasteiger partial charge on any atom is 0.522 e. The first-order valence-corrected chi connectivity index (χ1v) is 5.90. The lowest BCUT2D eigenvalue weighted by Gasteiger charge is -2.14. The number of aliphatic hydroxyl groups excluding tert-OH is 1. The Morgan fingerprint density at radius 1 is 1.33 bits per heavy atom. The number of rotatable bonds is 5. The van der Waals surface area contributed by atoms with Gasteiger partial charge in [-0.3, -0.25) is 4.74 Å². The highest BCUT2D eigenvalue weighted by molar-refractivity contribution is 9.10. The van der Waals surface area contributed by atoms with Crippen molar-refractivity contribution >= 4 is 15.9 Å². The van der Waals surface area contributed by atoms with Crippen LogP contribution in [-0.4, -0.2) is 24.7 Å². The Balaban J connectivity index is 2.57. The van der Waals surface area contributed by atoms with Gasteiger partial charge in [0.1, 0.15) is 12.4 Å². The van der Waals surface area contributed by atoms with Gasteiger partial charge < -0.3 is 9.84 Å². The standard InChI is InChI=1S/C11H12BrF3O3/c1-7(16)9-6-8(12)2-3-10(9)17-4-5-18-11(13,14)15/h2-3,6-7,16H,4-5H2,1H3/t7-/m0/s1. The lowest BCUT2D eigenvalue weighted by atomic mass is 10.1. The highest BCUT2D eigenvalue weighted by atomic mass is 79.9. The van der Waals surface area contributed by atoms with Crippen molar-refractivity contribution in [3.05, 3.63) is 28.2 Å². The van der Waals surface area contributed by atoms with Crippen molar-refractivity contribution < 1.29 is 27.8 Å². The van der Waals surface area contributed by atoms with Gasteiger partial charge in [0.25, 0.3) is 0 Å². The Hall–Kier alpha value is -0.790. The third-order valence-electron chi connectivity index (χ3n) is 2.03. The van der Waals surface area contributed by atoms with E-state index in [1.165, 1.54) is 0 Å². The third kappa shape index (κ3) is 5.24. The van der Waals surface area contributed by atoms with Crippen LogP contribution in [0, 0.1) is 0 Å². The summed E-state index contributed by atoms with van der Waals surface area (Å²) in [5.74, 6) is 0.332. The van der Waals surface area contributed by atoms with Gasteiger partial charge in [0.15, 0.2) is 0 Å². The van der Waals surface area contributed by atoms with Gasteiger partial charge in [0, 0.05) is 10.0 Å². The highest BCUT2D eigenvalue weighted by Crippen LogP contribution is 2.28. The van der Waals surface area contributed by atoms with E-state index in [4.69, 9.17) is 4.74 Å². The molecule has 0 aliphatic heterocycles. The van der Waals surface area contributed by atoms with E-state index in [0.717, 1.165) is 4.47 Å². The van der Waals surface area contributed by atoms with Crippen LogP contribution in [0.2, 0.25) is 0 Å². The van der Waals surface area contributed by atoms with Crippen LogP contribution < -0.4 is 4.74 Å². The Morgan fingerprint density at radius 3 is 2.56 bits per heavy atom. The Labute approximate surface area is 111 Å². The quantitative estimate of drug-likeness (QED) is 0.842. The van der Waals surface area contributed by atoms with Crippen molar-refractivity contribution in [2.75, 3.05) is 13.2 Å². The summed E-state index contributed by atoms with van der Waals surface area (Å²) in [4.78, 5) is 0. The second-order valence-corrected chi connectivity index (χ2v) is 4.42. The summed E-state index contributed by atoms with van der Waals surface area (Å²) in [6.07, 6.45) is -5.43. The van der Waals surface area contributed by atoms with Crippen molar-refractivity contribution in [2.45, 2.75) is 19.4 Å². The molecule has 7 heteroatoms. The van der Waals surface area contributed by atoms with Crippen molar-refractivity contribution in [2.24, 2.45) is 0 Å². The topological polar surface area (TPSA) is 38.7 Å². The minimum atomic E-state index is -4.66. The van der Waals surface area contributed by atoms with Crippen molar-refractivity contribution in [1.82, 2.24) is 0 Å². The van der Waals surface area contributed by atoms with Gasteiger partial charge in [-0.1, -0.05) is 15.9 Å². The molecule has 1 atom stereocenters. The molecule has 3 nitrogen and oxygen atoms in total. The van der Waals surface area contributed by atoms with E-state index in [1.54, 1.807) is 25.1 Å². The summed E-state index contributed by atoms with van der Waals surface area (Å²) in [6.45, 7) is 0.695. The molecule has 0 heterocycles. The van der Waals surface area contributed by atoms with Crippen LogP contribution in [-0.2, 0) is 4.74 Å². The molecule has 0 radical (unpaired) electrons. The number of halogens is 4. The zero-order valence-corrected chi connectivity index (χ0v) is 11.1. The SMILES string of the molecule is C[C@H](O)c1cc(Br)ccc1OCCOC(F)(F)F. The number of hydrogen-bond acceptors (Lipinski definition) is 3. The second-order valence-electron chi connectivity index (χ2n) is 3.50. The number of hydrogen-bond donors (Lipinski definition) is 1. The highest BCUT2D eigenvalue weighted by Gasteiger charge is 2.28. The fourth-order valence-electron chi connectivity index (χ4n) is 1.29. The molecule has 0 fully saturated rings. The molecular formula is C11H12BrF3O3. The van der Waals surface area contributed by atoms with Gasteiger partial charge in [-0.05, 0) is 25.1 Å². The van der Waals surface area contributed by atoms with E-state index in [9.17, 15) is 18.3 Å². The summed E-state index contributed by atoms with van der Waals surface area (Å²) in [7, 11) is 0. The van der Waals surface area contributed by atoms with E-state index < -0.39 is 19.1 Å². The molecule has 0 saturated heterocycles. The smallest absolute Gasteiger partial charge is 0.491 e. The van der Waals surface area contributed by atoms with Crippen LogP contribution in [0.3, 0.4) is 0 Å². The fourth-order valence-corrected chi connectivity index (χ4v) is 1.67. The molecule has 0 amide bonds. The predicted octanol–water partition coefficient (Wildman–Crippen LogP) is 3.42. The minimum absolute atomic E-state index is 0.249. The second kappa shape index (κ2) is 6.40. The summed E-state index contributed by atoms with van der Waals surface area (Å²) in [5, 5.41) is 9.50. The van der Waals surface area contributed by atoms with Gasteiger partial charge in [0.2, 0.25) is 0 Å². The normalized spacial score (nSPS) is 13.4. The molecular weight excluding hydrogens is 317 g/mol. The first-order valence-electron chi connectivity index (χ1n) is 5.10. The maximum atomic E-state index is 11.7. The average Bonchev–Trinajstić information content (AvgIpc) is 2.24. The van der Waals surface area contributed by atoms with Crippen molar-refractivity contribution in [3.8, 4) is 5.75 Å². The molecule has 1 rings (SSSR count). The Morgan fingerprint density at radius 2 is 2.00 bits per heavy atom. The lowest BCUT2D eigenvalue weighted by Crippen LogP contribution is -2.18. The lowest BCUT2D eigenvalue weighted by molar-refractivity contribution is -0.325. The summed E-state index contributed by atoms with van der Waals surface area (Å²) in [6, 6.07) is 4.89.